The van der Waals surface area contributed by atoms with E-state index in [1.165, 1.54) is 19.3 Å². The number of nitrogen functional groups attached to an aromatic ring is 1. The number of nitrogens with zero attached hydrogens (tertiary/aromatic N) is 4. The van der Waals surface area contributed by atoms with E-state index in [-0.39, 0.29) is 23.4 Å². The van der Waals surface area contributed by atoms with E-state index in [0.29, 0.717) is 5.95 Å². The van der Waals surface area contributed by atoms with Crippen molar-refractivity contribution in [1.82, 2.24) is 9.97 Å². The SMILES string of the molecule is Nc1nc(N2CCCCCC2)nc(NC2CCCCC2)c1[N+](=O)[O-]. The van der Waals surface area contributed by atoms with Gasteiger partial charge in [-0.05, 0) is 25.7 Å². The second-order valence-electron chi connectivity index (χ2n) is 6.74. The molecular weight excluding hydrogens is 308 g/mol. The van der Waals surface area contributed by atoms with E-state index >= 15 is 0 Å². The third-order valence-electron chi connectivity index (χ3n) is 4.92. The molecule has 1 aromatic heterocycles. The molecule has 0 aromatic carbocycles. The largest absolute Gasteiger partial charge is 0.378 e. The minimum absolute atomic E-state index is 0.0486. The van der Waals surface area contributed by atoms with Crippen LogP contribution in [0.3, 0.4) is 0 Å². The van der Waals surface area contributed by atoms with Crippen molar-refractivity contribution in [2.24, 2.45) is 0 Å². The van der Waals surface area contributed by atoms with Gasteiger partial charge in [-0.15, -0.1) is 0 Å². The fraction of sp³-hybridized carbons (Fsp3) is 0.750. The lowest BCUT2D eigenvalue weighted by molar-refractivity contribution is -0.383. The number of nitrogens with one attached hydrogen (secondary N) is 1. The van der Waals surface area contributed by atoms with Gasteiger partial charge in [-0.2, -0.15) is 9.97 Å². The maximum absolute atomic E-state index is 11.4. The van der Waals surface area contributed by atoms with Crippen molar-refractivity contribution in [2.45, 2.75) is 63.8 Å². The van der Waals surface area contributed by atoms with Crippen LogP contribution >= 0.6 is 0 Å². The summed E-state index contributed by atoms with van der Waals surface area (Å²) < 4.78 is 0. The van der Waals surface area contributed by atoms with Gasteiger partial charge in [0.1, 0.15) is 0 Å². The lowest BCUT2D eigenvalue weighted by Gasteiger charge is -2.25. The first-order chi connectivity index (χ1) is 11.6. The normalized spacial score (nSPS) is 19.8. The quantitative estimate of drug-likeness (QED) is 0.643. The molecule has 8 nitrogen and oxygen atoms in total. The fourth-order valence-electron chi connectivity index (χ4n) is 3.59. The molecule has 2 fully saturated rings. The summed E-state index contributed by atoms with van der Waals surface area (Å²) >= 11 is 0. The average molecular weight is 334 g/mol. The Labute approximate surface area is 142 Å². The van der Waals surface area contributed by atoms with Crippen molar-refractivity contribution in [3.8, 4) is 0 Å². The smallest absolute Gasteiger partial charge is 0.353 e. The number of hydrogen-bond donors (Lipinski definition) is 2. The highest BCUT2D eigenvalue weighted by molar-refractivity contribution is 5.70. The average Bonchev–Trinajstić information content (AvgIpc) is 2.84. The zero-order valence-corrected chi connectivity index (χ0v) is 14.0. The Balaban J connectivity index is 1.89. The van der Waals surface area contributed by atoms with Crippen LogP contribution in [0.4, 0.5) is 23.3 Å². The Morgan fingerprint density at radius 1 is 1.04 bits per heavy atom. The van der Waals surface area contributed by atoms with E-state index in [2.05, 4.69) is 20.2 Å². The molecule has 24 heavy (non-hydrogen) atoms. The first-order valence-electron chi connectivity index (χ1n) is 8.98. The molecule has 2 heterocycles. The molecule has 1 saturated carbocycles. The van der Waals surface area contributed by atoms with Crippen LogP contribution in [0.2, 0.25) is 0 Å². The predicted molar refractivity (Wildman–Crippen MR) is 94.3 cm³/mol. The van der Waals surface area contributed by atoms with Gasteiger partial charge in [0, 0.05) is 19.1 Å². The van der Waals surface area contributed by atoms with Gasteiger partial charge in [-0.3, -0.25) is 10.1 Å². The fourth-order valence-corrected chi connectivity index (χ4v) is 3.59. The topological polar surface area (TPSA) is 110 Å². The van der Waals surface area contributed by atoms with Gasteiger partial charge >= 0.3 is 5.69 Å². The molecule has 1 aromatic rings. The van der Waals surface area contributed by atoms with Crippen molar-refractivity contribution in [2.75, 3.05) is 29.0 Å². The lowest BCUT2D eigenvalue weighted by atomic mass is 9.95. The number of anilines is 3. The Morgan fingerprint density at radius 3 is 2.29 bits per heavy atom. The molecule has 1 aliphatic heterocycles. The standard InChI is InChI=1S/C16H26N6O2/c17-14-13(22(23)24)15(18-12-8-4-3-5-9-12)20-16(19-14)21-10-6-1-2-7-11-21/h12H,1-11H2,(H3,17,18,19,20). The molecule has 3 N–H and O–H groups in total. The minimum Gasteiger partial charge on any atom is -0.378 e. The molecule has 0 spiro atoms. The highest BCUT2D eigenvalue weighted by Gasteiger charge is 2.27. The molecule has 132 valence electrons. The first kappa shape index (κ1) is 16.7. The molecule has 8 heteroatoms. The highest BCUT2D eigenvalue weighted by Crippen LogP contribution is 2.32. The molecule has 1 aliphatic carbocycles. The van der Waals surface area contributed by atoms with Crippen LogP contribution in [0.25, 0.3) is 0 Å². The number of hydrogen-bond acceptors (Lipinski definition) is 7. The van der Waals surface area contributed by atoms with Crippen molar-refractivity contribution >= 4 is 23.3 Å². The van der Waals surface area contributed by atoms with E-state index in [4.69, 9.17) is 5.73 Å². The van der Waals surface area contributed by atoms with Gasteiger partial charge in [0.25, 0.3) is 0 Å². The Morgan fingerprint density at radius 2 is 1.67 bits per heavy atom. The maximum atomic E-state index is 11.4. The van der Waals surface area contributed by atoms with E-state index in [1.54, 1.807) is 0 Å². The third kappa shape index (κ3) is 3.85. The summed E-state index contributed by atoms with van der Waals surface area (Å²) in [6.07, 6.45) is 10.1. The Kier molecular flexibility index (Phi) is 5.32. The molecular formula is C16H26N6O2. The van der Waals surface area contributed by atoms with E-state index in [1.807, 2.05) is 0 Å². The molecule has 2 aliphatic rings. The summed E-state index contributed by atoms with van der Waals surface area (Å²) in [5, 5.41) is 14.7. The number of nitro groups is 1. The maximum Gasteiger partial charge on any atom is 0.353 e. The number of aromatic nitrogens is 2. The predicted octanol–water partition coefficient (Wildman–Crippen LogP) is 3.09. The third-order valence-corrected chi connectivity index (χ3v) is 4.92. The summed E-state index contributed by atoms with van der Waals surface area (Å²) in [5.74, 6) is 0.740. The Bertz CT molecular complexity index is 580. The summed E-state index contributed by atoms with van der Waals surface area (Å²) in [4.78, 5) is 21.8. The molecule has 0 radical (unpaired) electrons. The van der Waals surface area contributed by atoms with E-state index in [0.717, 1.165) is 51.6 Å². The monoisotopic (exact) mass is 334 g/mol. The van der Waals surface area contributed by atoms with E-state index in [9.17, 15) is 10.1 Å². The number of rotatable bonds is 4. The van der Waals surface area contributed by atoms with Crippen LogP contribution in [-0.4, -0.2) is 34.0 Å². The van der Waals surface area contributed by atoms with Crippen LogP contribution < -0.4 is 16.0 Å². The van der Waals surface area contributed by atoms with Crippen molar-refractivity contribution in [3.63, 3.8) is 0 Å². The molecule has 0 unspecified atom stereocenters. The van der Waals surface area contributed by atoms with Crippen LogP contribution in [-0.2, 0) is 0 Å². The van der Waals surface area contributed by atoms with Crippen LogP contribution in [0.1, 0.15) is 57.8 Å². The summed E-state index contributed by atoms with van der Waals surface area (Å²) in [6.45, 7) is 1.75. The van der Waals surface area contributed by atoms with Crippen LogP contribution in [0, 0.1) is 10.1 Å². The highest BCUT2D eigenvalue weighted by atomic mass is 16.6. The number of nitrogens with two attached hydrogens (primary N) is 1. The van der Waals surface area contributed by atoms with Crippen LogP contribution in [0.15, 0.2) is 0 Å². The minimum atomic E-state index is -0.479. The van der Waals surface area contributed by atoms with Gasteiger partial charge in [-0.25, -0.2) is 0 Å². The summed E-state index contributed by atoms with van der Waals surface area (Å²) in [7, 11) is 0. The molecule has 0 bridgehead atoms. The molecule has 3 rings (SSSR count). The molecule has 1 saturated heterocycles. The van der Waals surface area contributed by atoms with Crippen LogP contribution in [0.5, 0.6) is 0 Å². The van der Waals surface area contributed by atoms with Crippen molar-refractivity contribution < 1.29 is 4.92 Å². The van der Waals surface area contributed by atoms with Gasteiger partial charge < -0.3 is 16.0 Å². The molecule has 0 atom stereocenters. The second kappa shape index (κ2) is 7.63. The second-order valence-corrected chi connectivity index (χ2v) is 6.74. The Hall–Kier alpha value is -2.12. The van der Waals surface area contributed by atoms with Gasteiger partial charge in [0.15, 0.2) is 0 Å². The van der Waals surface area contributed by atoms with Gasteiger partial charge in [0.2, 0.25) is 17.6 Å². The zero-order chi connectivity index (χ0) is 16.9. The van der Waals surface area contributed by atoms with Crippen molar-refractivity contribution in [1.29, 1.82) is 0 Å². The van der Waals surface area contributed by atoms with Gasteiger partial charge in [0.05, 0.1) is 4.92 Å². The lowest BCUT2D eigenvalue weighted by Crippen LogP contribution is -2.28. The zero-order valence-electron chi connectivity index (χ0n) is 14.0. The summed E-state index contributed by atoms with van der Waals surface area (Å²) in [6, 6.07) is 0.226. The summed E-state index contributed by atoms with van der Waals surface area (Å²) in [5.41, 5.74) is 5.72. The van der Waals surface area contributed by atoms with E-state index < -0.39 is 4.92 Å². The first-order valence-corrected chi connectivity index (χ1v) is 8.98. The molecule has 0 amide bonds. The van der Waals surface area contributed by atoms with Gasteiger partial charge in [-0.1, -0.05) is 32.1 Å². The van der Waals surface area contributed by atoms with Crippen molar-refractivity contribution in [3.05, 3.63) is 10.1 Å².